The second-order valence-corrected chi connectivity index (χ2v) is 8.10. The highest BCUT2D eigenvalue weighted by molar-refractivity contribution is 5.95. The molecule has 1 saturated heterocycles. The first kappa shape index (κ1) is 23.1. The van der Waals surface area contributed by atoms with Crippen molar-refractivity contribution < 1.29 is 33.3 Å². The Kier molecular flexibility index (Phi) is 6.59. The van der Waals surface area contributed by atoms with Crippen molar-refractivity contribution in [3.05, 3.63) is 53.4 Å². The fourth-order valence-electron chi connectivity index (χ4n) is 3.88. The molecule has 0 unspecified atom stereocenters. The van der Waals surface area contributed by atoms with Gasteiger partial charge in [-0.25, -0.2) is 4.39 Å². The van der Waals surface area contributed by atoms with Gasteiger partial charge in [0, 0.05) is 23.4 Å². The smallest absolute Gasteiger partial charge is 0.254 e. The van der Waals surface area contributed by atoms with Crippen molar-refractivity contribution in [3.63, 3.8) is 0 Å². The molecule has 2 aromatic rings. The van der Waals surface area contributed by atoms with Gasteiger partial charge < -0.3 is 25.0 Å². The van der Waals surface area contributed by atoms with Gasteiger partial charge in [0.25, 0.3) is 5.91 Å². The molecular formula is C22H26F2N2O5. The molecule has 0 saturated carbocycles. The van der Waals surface area contributed by atoms with Gasteiger partial charge in [0.05, 0.1) is 25.0 Å². The number of halogens is 2. The summed E-state index contributed by atoms with van der Waals surface area (Å²) in [6.07, 6.45) is -0.803. The molecule has 4 atom stereocenters. The molecule has 1 aromatic heterocycles. The fraction of sp³-hybridized carbons (Fsp3) is 0.455. The Labute approximate surface area is 179 Å². The van der Waals surface area contributed by atoms with E-state index in [9.17, 15) is 18.7 Å². The Morgan fingerprint density at radius 1 is 1.35 bits per heavy atom. The minimum Gasteiger partial charge on any atom is -0.493 e. The molecule has 1 aliphatic rings. The number of carbonyl (C=O) groups excluding carboxylic acids is 1. The minimum absolute atomic E-state index is 0.195. The van der Waals surface area contributed by atoms with Gasteiger partial charge in [-0.3, -0.25) is 9.78 Å². The Hall–Kier alpha value is -2.62. The summed E-state index contributed by atoms with van der Waals surface area (Å²) in [5.74, 6) is -3.75. The van der Waals surface area contributed by atoms with E-state index in [1.54, 1.807) is 0 Å². The van der Waals surface area contributed by atoms with Crippen LogP contribution in [-0.2, 0) is 9.53 Å². The standard InChI is InChI=1S/C22H26F2N2O5/c1-11-17(13-5-6-14(23)18(24)19(13)30-4)20(31-22(11,2)3)21(29)26-12-7-8-25-15(9-12)16(28)10-27/h5-9,11,16-17,20,27-28H,10H2,1-4H3,(H,25,26,29)/t11-,16+,17+,20-/m0/s1. The maximum Gasteiger partial charge on any atom is 0.254 e. The number of aliphatic hydroxyl groups is 2. The molecular weight excluding hydrogens is 410 g/mol. The summed E-state index contributed by atoms with van der Waals surface area (Å²) in [4.78, 5) is 17.1. The molecule has 3 N–H and O–H groups in total. The van der Waals surface area contributed by atoms with Crippen molar-refractivity contribution in [1.29, 1.82) is 0 Å². The molecule has 1 fully saturated rings. The Morgan fingerprint density at radius 3 is 2.71 bits per heavy atom. The summed E-state index contributed by atoms with van der Waals surface area (Å²) in [5, 5.41) is 21.6. The van der Waals surface area contributed by atoms with Crippen LogP contribution in [0, 0.1) is 17.6 Å². The number of hydrogen-bond donors (Lipinski definition) is 3. The van der Waals surface area contributed by atoms with Crippen LogP contribution in [0.1, 0.15) is 44.1 Å². The van der Waals surface area contributed by atoms with Crippen LogP contribution in [0.25, 0.3) is 0 Å². The van der Waals surface area contributed by atoms with Gasteiger partial charge >= 0.3 is 0 Å². The van der Waals surface area contributed by atoms with Crippen LogP contribution in [0.3, 0.4) is 0 Å². The molecule has 1 amide bonds. The van der Waals surface area contributed by atoms with E-state index in [-0.39, 0.29) is 17.4 Å². The van der Waals surface area contributed by atoms with Gasteiger partial charge in [0.15, 0.2) is 11.6 Å². The fourth-order valence-corrected chi connectivity index (χ4v) is 3.88. The number of benzene rings is 1. The van der Waals surface area contributed by atoms with Crippen LogP contribution in [0.15, 0.2) is 30.5 Å². The first-order valence-electron chi connectivity index (χ1n) is 9.86. The molecule has 0 aliphatic carbocycles. The Morgan fingerprint density at radius 2 is 2.06 bits per heavy atom. The predicted octanol–water partition coefficient (Wildman–Crippen LogP) is 2.93. The first-order chi connectivity index (χ1) is 14.6. The Balaban J connectivity index is 1.96. The molecule has 2 heterocycles. The highest BCUT2D eigenvalue weighted by Gasteiger charge is 2.51. The van der Waals surface area contributed by atoms with Crippen molar-refractivity contribution in [2.75, 3.05) is 19.0 Å². The number of aliphatic hydroxyl groups excluding tert-OH is 2. The lowest BCUT2D eigenvalue weighted by atomic mass is 9.78. The van der Waals surface area contributed by atoms with Crippen LogP contribution in [0.4, 0.5) is 14.5 Å². The van der Waals surface area contributed by atoms with Gasteiger partial charge in [0.1, 0.15) is 12.2 Å². The van der Waals surface area contributed by atoms with E-state index in [2.05, 4.69) is 10.3 Å². The SMILES string of the molecule is COc1c([C@@H]2[C@@H](C(=O)Nc3ccnc([C@H](O)CO)c3)OC(C)(C)[C@H]2C)ccc(F)c1F. The molecule has 0 bridgehead atoms. The average molecular weight is 436 g/mol. The number of ether oxygens (including phenoxy) is 2. The first-order valence-corrected chi connectivity index (χ1v) is 9.86. The Bertz CT molecular complexity index is 969. The number of hydrogen-bond acceptors (Lipinski definition) is 6. The normalized spacial score (nSPS) is 23.4. The molecule has 1 aliphatic heterocycles. The molecule has 9 heteroatoms. The third-order valence-electron chi connectivity index (χ3n) is 5.86. The van der Waals surface area contributed by atoms with Gasteiger partial charge in [-0.1, -0.05) is 13.0 Å². The van der Waals surface area contributed by atoms with Gasteiger partial charge in [-0.2, -0.15) is 4.39 Å². The van der Waals surface area contributed by atoms with Crippen molar-refractivity contribution >= 4 is 11.6 Å². The summed E-state index contributed by atoms with van der Waals surface area (Å²) in [5.41, 5.74) is 0.157. The van der Waals surface area contributed by atoms with E-state index in [4.69, 9.17) is 14.6 Å². The number of nitrogens with one attached hydrogen (secondary N) is 1. The van der Waals surface area contributed by atoms with Crippen LogP contribution < -0.4 is 10.1 Å². The zero-order valence-corrected chi connectivity index (χ0v) is 17.7. The predicted molar refractivity (Wildman–Crippen MR) is 109 cm³/mol. The molecule has 0 spiro atoms. The van der Waals surface area contributed by atoms with Crippen molar-refractivity contribution in [2.45, 2.75) is 44.5 Å². The maximum atomic E-state index is 14.4. The lowest BCUT2D eigenvalue weighted by Crippen LogP contribution is -2.33. The molecule has 0 radical (unpaired) electrons. The number of carbonyl (C=O) groups is 1. The summed E-state index contributed by atoms with van der Waals surface area (Å²) in [7, 11) is 1.24. The summed E-state index contributed by atoms with van der Waals surface area (Å²) >= 11 is 0. The number of methoxy groups -OCH3 is 1. The van der Waals surface area contributed by atoms with Crippen LogP contribution in [0.2, 0.25) is 0 Å². The zero-order chi connectivity index (χ0) is 22.9. The lowest BCUT2D eigenvalue weighted by molar-refractivity contribution is -0.131. The van der Waals surface area contributed by atoms with Crippen LogP contribution in [0.5, 0.6) is 5.75 Å². The van der Waals surface area contributed by atoms with E-state index >= 15 is 0 Å². The lowest BCUT2D eigenvalue weighted by Gasteiger charge is -2.25. The molecule has 168 valence electrons. The second-order valence-electron chi connectivity index (χ2n) is 8.10. The number of pyridine rings is 1. The van der Waals surface area contributed by atoms with Crippen LogP contribution >= 0.6 is 0 Å². The second kappa shape index (κ2) is 8.86. The maximum absolute atomic E-state index is 14.4. The van der Waals surface area contributed by atoms with E-state index in [0.29, 0.717) is 11.3 Å². The number of aromatic nitrogens is 1. The number of nitrogens with zero attached hydrogens (tertiary/aromatic N) is 1. The van der Waals surface area contributed by atoms with E-state index < -0.39 is 47.9 Å². The van der Waals surface area contributed by atoms with Gasteiger partial charge in [0.2, 0.25) is 5.82 Å². The summed E-state index contributed by atoms with van der Waals surface area (Å²) < 4.78 is 39.3. The zero-order valence-electron chi connectivity index (χ0n) is 17.7. The number of rotatable bonds is 6. The topological polar surface area (TPSA) is 101 Å². The van der Waals surface area contributed by atoms with E-state index in [1.165, 1.54) is 31.5 Å². The average Bonchev–Trinajstić information content (AvgIpc) is 2.99. The number of amides is 1. The van der Waals surface area contributed by atoms with Crippen molar-refractivity contribution in [2.24, 2.45) is 5.92 Å². The monoisotopic (exact) mass is 436 g/mol. The van der Waals surface area contributed by atoms with Gasteiger partial charge in [-0.05, 0) is 38.0 Å². The third-order valence-corrected chi connectivity index (χ3v) is 5.86. The summed E-state index contributed by atoms with van der Waals surface area (Å²) in [6, 6.07) is 5.38. The minimum atomic E-state index is -1.18. The van der Waals surface area contributed by atoms with E-state index in [1.807, 2.05) is 20.8 Å². The molecule has 7 nitrogen and oxygen atoms in total. The summed E-state index contributed by atoms with van der Waals surface area (Å²) in [6.45, 7) is 5.01. The quantitative estimate of drug-likeness (QED) is 0.644. The molecule has 31 heavy (non-hydrogen) atoms. The number of anilines is 1. The van der Waals surface area contributed by atoms with Crippen molar-refractivity contribution in [3.8, 4) is 5.75 Å². The highest BCUT2D eigenvalue weighted by Crippen LogP contribution is 2.49. The van der Waals surface area contributed by atoms with Crippen LogP contribution in [-0.4, -0.2) is 46.5 Å². The highest BCUT2D eigenvalue weighted by atomic mass is 19.2. The van der Waals surface area contributed by atoms with Crippen molar-refractivity contribution in [1.82, 2.24) is 4.98 Å². The molecule has 3 rings (SSSR count). The largest absolute Gasteiger partial charge is 0.493 e. The third kappa shape index (κ3) is 4.39. The van der Waals surface area contributed by atoms with Gasteiger partial charge in [-0.15, -0.1) is 0 Å². The molecule has 1 aromatic carbocycles. The van der Waals surface area contributed by atoms with E-state index in [0.717, 1.165) is 6.07 Å².